The Morgan fingerprint density at radius 1 is 1.56 bits per heavy atom. The Hall–Kier alpha value is -1.14. The minimum Gasteiger partial charge on any atom is -0.481 e. The zero-order valence-corrected chi connectivity index (χ0v) is 9.83. The normalized spacial score (nSPS) is 16.1. The van der Waals surface area contributed by atoms with Gasteiger partial charge < -0.3 is 4.74 Å². The van der Waals surface area contributed by atoms with Crippen molar-refractivity contribution in [2.45, 2.75) is 24.6 Å². The van der Waals surface area contributed by atoms with Gasteiger partial charge in [-0.2, -0.15) is 0 Å². The molecule has 0 amide bonds. The molecule has 1 N–H and O–H groups in total. The van der Waals surface area contributed by atoms with Gasteiger partial charge in [0.25, 0.3) is 0 Å². The third kappa shape index (κ3) is 2.51. The van der Waals surface area contributed by atoms with Crippen molar-refractivity contribution in [3.8, 4) is 5.88 Å². The van der Waals surface area contributed by atoms with Crippen LogP contribution in [0.2, 0.25) is 0 Å². The molecule has 1 aliphatic rings. The summed E-state index contributed by atoms with van der Waals surface area (Å²) in [5.74, 6) is 0.459. The molecule has 1 aliphatic carbocycles. The zero-order chi connectivity index (χ0) is 11.6. The van der Waals surface area contributed by atoms with Crippen LogP contribution in [0.3, 0.4) is 0 Å². The van der Waals surface area contributed by atoms with E-state index in [2.05, 4.69) is 9.71 Å². The minimum atomic E-state index is -3.14. The van der Waals surface area contributed by atoms with E-state index in [9.17, 15) is 8.42 Å². The predicted octanol–water partition coefficient (Wildman–Crippen LogP) is 0.672. The van der Waals surface area contributed by atoms with Crippen LogP contribution in [0.4, 0.5) is 0 Å². The summed E-state index contributed by atoms with van der Waals surface area (Å²) >= 11 is 0. The number of methoxy groups -OCH3 is 1. The van der Waals surface area contributed by atoms with Crippen molar-refractivity contribution in [3.05, 3.63) is 23.9 Å². The predicted molar refractivity (Wildman–Crippen MR) is 59.6 cm³/mol. The SMILES string of the molecule is COc1ncccc1CNS(=O)(=O)C1CC1. The van der Waals surface area contributed by atoms with Gasteiger partial charge in [0.05, 0.1) is 12.4 Å². The molecular weight excluding hydrogens is 228 g/mol. The van der Waals surface area contributed by atoms with Crippen LogP contribution in [0.25, 0.3) is 0 Å². The number of hydrogen-bond donors (Lipinski definition) is 1. The molecule has 0 atom stereocenters. The first kappa shape index (κ1) is 11.3. The fourth-order valence-corrected chi connectivity index (χ4v) is 2.77. The van der Waals surface area contributed by atoms with Gasteiger partial charge in [-0.15, -0.1) is 0 Å². The molecule has 0 bridgehead atoms. The number of hydrogen-bond acceptors (Lipinski definition) is 4. The van der Waals surface area contributed by atoms with Crippen LogP contribution >= 0.6 is 0 Å². The molecule has 88 valence electrons. The van der Waals surface area contributed by atoms with Gasteiger partial charge in [0, 0.05) is 18.3 Å². The second-order valence-electron chi connectivity index (χ2n) is 3.74. The highest BCUT2D eigenvalue weighted by Gasteiger charge is 2.35. The summed E-state index contributed by atoms with van der Waals surface area (Å²) in [6.45, 7) is 0.232. The standard InChI is InChI=1S/C10H14N2O3S/c1-15-10-8(3-2-6-11-10)7-12-16(13,14)9-4-5-9/h2-3,6,9,12H,4-5,7H2,1H3. The van der Waals surface area contributed by atoms with Crippen LogP contribution in [0, 0.1) is 0 Å². The van der Waals surface area contributed by atoms with E-state index in [1.165, 1.54) is 7.11 Å². The molecule has 0 saturated heterocycles. The molecule has 0 aliphatic heterocycles. The molecular formula is C10H14N2O3S. The highest BCUT2D eigenvalue weighted by atomic mass is 32.2. The summed E-state index contributed by atoms with van der Waals surface area (Å²) in [5.41, 5.74) is 0.745. The van der Waals surface area contributed by atoms with Gasteiger partial charge in [0.1, 0.15) is 0 Å². The molecule has 0 radical (unpaired) electrons. The number of ether oxygens (including phenoxy) is 1. The Bertz CT molecular complexity index is 469. The Labute approximate surface area is 94.9 Å². The summed E-state index contributed by atoms with van der Waals surface area (Å²) in [5, 5.41) is -0.199. The summed E-state index contributed by atoms with van der Waals surface area (Å²) in [6, 6.07) is 3.55. The lowest BCUT2D eigenvalue weighted by Crippen LogP contribution is -2.26. The lowest BCUT2D eigenvalue weighted by molar-refractivity contribution is 0.392. The monoisotopic (exact) mass is 242 g/mol. The second-order valence-corrected chi connectivity index (χ2v) is 5.78. The smallest absolute Gasteiger partial charge is 0.217 e. The molecule has 2 rings (SSSR count). The Balaban J connectivity index is 2.04. The molecule has 1 saturated carbocycles. The number of nitrogens with one attached hydrogen (secondary N) is 1. The van der Waals surface area contributed by atoms with Crippen LogP contribution in [0.5, 0.6) is 5.88 Å². The van der Waals surface area contributed by atoms with Crippen molar-refractivity contribution >= 4 is 10.0 Å². The van der Waals surface area contributed by atoms with Crippen LogP contribution in [0.1, 0.15) is 18.4 Å². The van der Waals surface area contributed by atoms with Gasteiger partial charge >= 0.3 is 0 Å². The highest BCUT2D eigenvalue weighted by molar-refractivity contribution is 7.90. The van der Waals surface area contributed by atoms with E-state index in [1.54, 1.807) is 18.3 Å². The molecule has 1 heterocycles. The molecule has 1 aromatic rings. The molecule has 0 spiro atoms. The molecule has 0 unspecified atom stereocenters. The number of pyridine rings is 1. The first-order valence-corrected chi connectivity index (χ1v) is 6.64. The number of aromatic nitrogens is 1. The summed E-state index contributed by atoms with van der Waals surface area (Å²) in [7, 11) is -1.63. The van der Waals surface area contributed by atoms with E-state index >= 15 is 0 Å². The van der Waals surface area contributed by atoms with E-state index in [0.717, 1.165) is 18.4 Å². The molecule has 1 fully saturated rings. The molecule has 1 aromatic heterocycles. The maximum absolute atomic E-state index is 11.6. The van der Waals surface area contributed by atoms with Crippen molar-refractivity contribution in [1.29, 1.82) is 0 Å². The largest absolute Gasteiger partial charge is 0.481 e. The maximum atomic E-state index is 11.6. The van der Waals surface area contributed by atoms with Crippen molar-refractivity contribution in [1.82, 2.24) is 9.71 Å². The van der Waals surface area contributed by atoms with Gasteiger partial charge in [-0.1, -0.05) is 6.07 Å². The highest BCUT2D eigenvalue weighted by Crippen LogP contribution is 2.27. The Morgan fingerprint density at radius 3 is 2.94 bits per heavy atom. The topological polar surface area (TPSA) is 68.3 Å². The Morgan fingerprint density at radius 2 is 2.31 bits per heavy atom. The molecule has 0 aromatic carbocycles. The minimum absolute atomic E-state index is 0.199. The number of nitrogens with zero attached hydrogens (tertiary/aromatic N) is 1. The molecule has 6 heteroatoms. The van der Waals surface area contributed by atoms with Gasteiger partial charge in [0.15, 0.2) is 0 Å². The zero-order valence-electron chi connectivity index (χ0n) is 9.01. The van der Waals surface area contributed by atoms with Crippen LogP contribution in [-0.2, 0) is 16.6 Å². The molecule has 16 heavy (non-hydrogen) atoms. The van der Waals surface area contributed by atoms with E-state index < -0.39 is 10.0 Å². The fraction of sp³-hybridized carbons (Fsp3) is 0.500. The third-order valence-corrected chi connectivity index (χ3v) is 4.37. The van der Waals surface area contributed by atoms with E-state index in [0.29, 0.717) is 5.88 Å². The van der Waals surface area contributed by atoms with Crippen molar-refractivity contribution < 1.29 is 13.2 Å². The molecule has 5 nitrogen and oxygen atoms in total. The van der Waals surface area contributed by atoms with Gasteiger partial charge in [-0.05, 0) is 18.9 Å². The van der Waals surface area contributed by atoms with Crippen LogP contribution in [-0.4, -0.2) is 25.8 Å². The second kappa shape index (κ2) is 4.39. The summed E-state index contributed by atoms with van der Waals surface area (Å²) in [6.07, 6.45) is 3.14. The van der Waals surface area contributed by atoms with Crippen molar-refractivity contribution in [2.24, 2.45) is 0 Å². The first-order chi connectivity index (χ1) is 7.63. The van der Waals surface area contributed by atoms with E-state index in [4.69, 9.17) is 4.74 Å². The average molecular weight is 242 g/mol. The van der Waals surface area contributed by atoms with E-state index in [1.807, 2.05) is 0 Å². The first-order valence-electron chi connectivity index (χ1n) is 5.10. The quantitative estimate of drug-likeness (QED) is 0.824. The third-order valence-electron chi connectivity index (χ3n) is 2.47. The van der Waals surface area contributed by atoms with Crippen molar-refractivity contribution in [3.63, 3.8) is 0 Å². The number of rotatable bonds is 5. The van der Waals surface area contributed by atoms with Crippen molar-refractivity contribution in [2.75, 3.05) is 7.11 Å². The van der Waals surface area contributed by atoms with E-state index in [-0.39, 0.29) is 11.8 Å². The van der Waals surface area contributed by atoms with Crippen LogP contribution < -0.4 is 9.46 Å². The van der Waals surface area contributed by atoms with Crippen LogP contribution in [0.15, 0.2) is 18.3 Å². The van der Waals surface area contributed by atoms with Gasteiger partial charge in [-0.25, -0.2) is 18.1 Å². The fourth-order valence-electron chi connectivity index (χ4n) is 1.42. The average Bonchev–Trinajstić information content (AvgIpc) is 3.11. The maximum Gasteiger partial charge on any atom is 0.217 e. The lowest BCUT2D eigenvalue weighted by atomic mass is 10.3. The number of sulfonamides is 1. The van der Waals surface area contributed by atoms with Gasteiger partial charge in [0.2, 0.25) is 15.9 Å². The lowest BCUT2D eigenvalue weighted by Gasteiger charge is -2.08. The summed E-state index contributed by atoms with van der Waals surface area (Å²) in [4.78, 5) is 4.00. The Kier molecular flexibility index (Phi) is 3.11. The van der Waals surface area contributed by atoms with Gasteiger partial charge in [-0.3, -0.25) is 0 Å². The summed E-state index contributed by atoms with van der Waals surface area (Å²) < 4.78 is 30.8.